The van der Waals surface area contributed by atoms with E-state index in [9.17, 15) is 19.5 Å². The van der Waals surface area contributed by atoms with Gasteiger partial charge in [0.25, 0.3) is 0 Å². The van der Waals surface area contributed by atoms with Crippen LogP contribution in [0.1, 0.15) is 41.4 Å². The largest absolute Gasteiger partial charge is 0.481 e. The molecule has 0 saturated heterocycles. The van der Waals surface area contributed by atoms with Crippen molar-refractivity contribution < 1.29 is 24.2 Å². The zero-order valence-corrected chi connectivity index (χ0v) is 14.5. The maximum Gasteiger partial charge on any atom is 0.340 e. The lowest BCUT2D eigenvalue weighted by molar-refractivity contribution is -0.146. The van der Waals surface area contributed by atoms with Gasteiger partial charge in [-0.2, -0.15) is 0 Å². The summed E-state index contributed by atoms with van der Waals surface area (Å²) >= 11 is 1.33. The number of allylic oxidation sites excluding steroid dienone is 2. The lowest BCUT2D eigenvalue weighted by Gasteiger charge is -2.24. The standard InChI is InChI=1S/C17H21NO5S/c1-3-6-10-9-13(17(22)23-2)15(24-10)18-14(19)11-7-4-5-8-12(11)16(20)21/h4-5,9,11-12H,3,6-8H2,1-2H3,(H,18,19)(H,20,21)/t11-,12-/m1/s1. The second-order valence-corrected chi connectivity index (χ2v) is 6.82. The Hall–Kier alpha value is -2.15. The number of carbonyl (C=O) groups excluding carboxylic acids is 2. The fourth-order valence-electron chi connectivity index (χ4n) is 2.75. The van der Waals surface area contributed by atoms with Gasteiger partial charge in [-0.3, -0.25) is 9.59 Å². The number of carbonyl (C=O) groups is 3. The molecule has 24 heavy (non-hydrogen) atoms. The van der Waals surface area contributed by atoms with Crippen molar-refractivity contribution in [1.29, 1.82) is 0 Å². The molecule has 1 amide bonds. The van der Waals surface area contributed by atoms with Gasteiger partial charge in [-0.25, -0.2) is 4.79 Å². The number of hydrogen-bond acceptors (Lipinski definition) is 5. The minimum Gasteiger partial charge on any atom is -0.481 e. The van der Waals surface area contributed by atoms with E-state index >= 15 is 0 Å². The molecule has 1 aromatic heterocycles. The van der Waals surface area contributed by atoms with E-state index in [-0.39, 0.29) is 5.91 Å². The van der Waals surface area contributed by atoms with E-state index in [0.717, 1.165) is 17.7 Å². The van der Waals surface area contributed by atoms with Crippen LogP contribution in [0.3, 0.4) is 0 Å². The third kappa shape index (κ3) is 4.03. The molecule has 0 aromatic carbocycles. The maximum atomic E-state index is 12.6. The van der Waals surface area contributed by atoms with Crippen LogP contribution in [-0.2, 0) is 20.7 Å². The number of methoxy groups -OCH3 is 1. The Kier molecular flexibility index (Phi) is 6.14. The second-order valence-electron chi connectivity index (χ2n) is 5.68. The van der Waals surface area contributed by atoms with Crippen molar-refractivity contribution in [2.45, 2.75) is 32.6 Å². The van der Waals surface area contributed by atoms with Crippen molar-refractivity contribution in [3.63, 3.8) is 0 Å². The molecule has 0 spiro atoms. The van der Waals surface area contributed by atoms with Crippen molar-refractivity contribution >= 4 is 34.2 Å². The first-order valence-electron chi connectivity index (χ1n) is 7.87. The van der Waals surface area contributed by atoms with Gasteiger partial charge >= 0.3 is 11.9 Å². The molecule has 7 heteroatoms. The van der Waals surface area contributed by atoms with Crippen molar-refractivity contribution in [2.24, 2.45) is 11.8 Å². The molecule has 1 aromatic rings. The molecule has 130 valence electrons. The molecular formula is C17H21NO5S. The molecule has 2 N–H and O–H groups in total. The van der Waals surface area contributed by atoms with Crippen LogP contribution >= 0.6 is 11.3 Å². The van der Waals surface area contributed by atoms with Gasteiger partial charge in [0, 0.05) is 4.88 Å². The first-order chi connectivity index (χ1) is 11.5. The summed E-state index contributed by atoms with van der Waals surface area (Å²) in [5.41, 5.74) is 0.317. The predicted molar refractivity (Wildman–Crippen MR) is 91.3 cm³/mol. The summed E-state index contributed by atoms with van der Waals surface area (Å²) in [6.07, 6.45) is 6.04. The van der Waals surface area contributed by atoms with Crippen LogP contribution in [0.15, 0.2) is 18.2 Å². The molecule has 2 atom stereocenters. The zero-order chi connectivity index (χ0) is 17.7. The Balaban J connectivity index is 2.22. The molecular weight excluding hydrogens is 330 g/mol. The van der Waals surface area contributed by atoms with Crippen LogP contribution < -0.4 is 5.32 Å². The van der Waals surface area contributed by atoms with Gasteiger partial charge < -0.3 is 15.2 Å². The number of aryl methyl sites for hydroxylation is 1. The molecule has 0 aliphatic heterocycles. The average molecular weight is 351 g/mol. The highest BCUT2D eigenvalue weighted by Crippen LogP contribution is 2.32. The van der Waals surface area contributed by atoms with Crippen LogP contribution in [0.5, 0.6) is 0 Å². The van der Waals surface area contributed by atoms with Gasteiger partial charge in [0.15, 0.2) is 0 Å². The highest BCUT2D eigenvalue weighted by Gasteiger charge is 2.34. The van der Waals surface area contributed by atoms with Crippen molar-refractivity contribution in [1.82, 2.24) is 0 Å². The number of thiophene rings is 1. The zero-order valence-electron chi connectivity index (χ0n) is 13.7. The molecule has 1 heterocycles. The smallest absolute Gasteiger partial charge is 0.340 e. The van der Waals surface area contributed by atoms with E-state index in [1.54, 1.807) is 12.1 Å². The summed E-state index contributed by atoms with van der Waals surface area (Å²) in [6.45, 7) is 2.03. The summed E-state index contributed by atoms with van der Waals surface area (Å²) in [5.74, 6) is -3.25. The third-order valence-corrected chi connectivity index (χ3v) is 5.12. The molecule has 0 bridgehead atoms. The number of anilines is 1. The number of amides is 1. The van der Waals surface area contributed by atoms with E-state index in [2.05, 4.69) is 5.32 Å². The minimum atomic E-state index is -0.981. The fourth-order valence-corrected chi connectivity index (χ4v) is 3.90. The first-order valence-corrected chi connectivity index (χ1v) is 8.69. The Morgan fingerprint density at radius 1 is 1.29 bits per heavy atom. The van der Waals surface area contributed by atoms with Gasteiger partial charge in [0.1, 0.15) is 5.00 Å². The number of nitrogens with one attached hydrogen (secondary N) is 1. The average Bonchev–Trinajstić information content (AvgIpc) is 2.96. The van der Waals surface area contributed by atoms with E-state index < -0.39 is 23.8 Å². The SMILES string of the molecule is CCCc1cc(C(=O)OC)c(NC(=O)[C@@H]2CC=CC[C@H]2C(=O)O)s1. The summed E-state index contributed by atoms with van der Waals surface area (Å²) in [4.78, 5) is 36.8. The Morgan fingerprint density at radius 3 is 2.54 bits per heavy atom. The summed E-state index contributed by atoms with van der Waals surface area (Å²) in [5, 5.41) is 12.5. The Labute approximate surface area is 144 Å². The molecule has 0 saturated carbocycles. The van der Waals surface area contributed by atoms with Gasteiger partial charge in [-0.1, -0.05) is 25.5 Å². The number of rotatable bonds is 6. The lowest BCUT2D eigenvalue weighted by atomic mass is 9.82. The van der Waals surface area contributed by atoms with Crippen molar-refractivity contribution in [2.75, 3.05) is 12.4 Å². The highest BCUT2D eigenvalue weighted by molar-refractivity contribution is 7.16. The lowest BCUT2D eigenvalue weighted by Crippen LogP contribution is -2.34. The quantitative estimate of drug-likeness (QED) is 0.607. The minimum absolute atomic E-state index is 0.317. The molecule has 0 radical (unpaired) electrons. The van der Waals surface area contributed by atoms with E-state index in [4.69, 9.17) is 4.74 Å². The molecule has 2 rings (SSSR count). The number of aliphatic carboxylic acids is 1. The molecule has 1 aliphatic carbocycles. The number of carboxylic acid groups (broad SMARTS) is 1. The number of carboxylic acids is 1. The predicted octanol–water partition coefficient (Wildman–Crippen LogP) is 3.09. The maximum absolute atomic E-state index is 12.6. The van der Waals surface area contributed by atoms with Gasteiger partial charge in [-0.05, 0) is 25.3 Å². The monoisotopic (exact) mass is 351 g/mol. The fraction of sp³-hybridized carbons (Fsp3) is 0.471. The van der Waals surface area contributed by atoms with Crippen LogP contribution in [-0.4, -0.2) is 30.1 Å². The van der Waals surface area contributed by atoms with Crippen LogP contribution in [0.25, 0.3) is 0 Å². The van der Waals surface area contributed by atoms with E-state index in [0.29, 0.717) is 23.4 Å². The second kappa shape index (κ2) is 8.10. The molecule has 1 aliphatic rings. The van der Waals surface area contributed by atoms with Crippen LogP contribution in [0, 0.1) is 11.8 Å². The van der Waals surface area contributed by atoms with E-state index in [1.165, 1.54) is 18.4 Å². The summed E-state index contributed by atoms with van der Waals surface area (Å²) in [6, 6.07) is 1.73. The topological polar surface area (TPSA) is 92.7 Å². The van der Waals surface area contributed by atoms with Crippen molar-refractivity contribution in [3.8, 4) is 0 Å². The van der Waals surface area contributed by atoms with Crippen LogP contribution in [0.4, 0.5) is 5.00 Å². The summed E-state index contributed by atoms with van der Waals surface area (Å²) in [7, 11) is 1.29. The number of hydrogen-bond donors (Lipinski definition) is 2. The van der Waals surface area contributed by atoms with E-state index in [1.807, 2.05) is 13.0 Å². The molecule has 0 fully saturated rings. The normalized spacial score (nSPS) is 19.8. The van der Waals surface area contributed by atoms with Gasteiger partial charge in [0.05, 0.1) is 24.5 Å². The Bertz CT molecular complexity index is 664. The van der Waals surface area contributed by atoms with Gasteiger partial charge in [0.2, 0.25) is 5.91 Å². The number of ether oxygens (including phenoxy) is 1. The third-order valence-electron chi connectivity index (χ3n) is 4.01. The van der Waals surface area contributed by atoms with Crippen molar-refractivity contribution in [3.05, 3.63) is 28.7 Å². The number of esters is 1. The van der Waals surface area contributed by atoms with Crippen LogP contribution in [0.2, 0.25) is 0 Å². The highest BCUT2D eigenvalue weighted by atomic mass is 32.1. The first kappa shape index (κ1) is 18.2. The molecule has 6 nitrogen and oxygen atoms in total. The Morgan fingerprint density at radius 2 is 1.96 bits per heavy atom. The molecule has 0 unspecified atom stereocenters. The summed E-state index contributed by atoms with van der Waals surface area (Å²) < 4.78 is 4.77. The van der Waals surface area contributed by atoms with Gasteiger partial charge in [-0.15, -0.1) is 11.3 Å².